The van der Waals surface area contributed by atoms with E-state index in [2.05, 4.69) is 10.1 Å². The van der Waals surface area contributed by atoms with Gasteiger partial charge in [0.15, 0.2) is 0 Å². The van der Waals surface area contributed by atoms with E-state index in [1.165, 1.54) is 0 Å². The maximum Gasteiger partial charge on any atom is 0.373 e. The first-order chi connectivity index (χ1) is 5.52. The van der Waals surface area contributed by atoms with Crippen molar-refractivity contribution in [3.05, 3.63) is 16.3 Å². The lowest BCUT2D eigenvalue weighted by Crippen LogP contribution is -2.19. The highest BCUT2D eigenvalue weighted by atomic mass is 16.4. The highest BCUT2D eigenvalue weighted by Gasteiger charge is 2.12. The van der Waals surface area contributed by atoms with Crippen LogP contribution in [0.2, 0.25) is 0 Å². The SMILES string of the molecule is CC(C)n1nc(C(=O)O)[nH]c1=O. The van der Waals surface area contributed by atoms with Crippen LogP contribution in [0.3, 0.4) is 0 Å². The summed E-state index contributed by atoms with van der Waals surface area (Å²) in [6.07, 6.45) is 0. The normalized spacial score (nSPS) is 10.6. The van der Waals surface area contributed by atoms with Gasteiger partial charge in [-0.25, -0.2) is 14.3 Å². The molecule has 1 aromatic rings. The molecule has 0 aliphatic heterocycles. The van der Waals surface area contributed by atoms with Crippen molar-refractivity contribution in [3.8, 4) is 0 Å². The number of rotatable bonds is 2. The largest absolute Gasteiger partial charge is 0.475 e. The van der Waals surface area contributed by atoms with Crippen molar-refractivity contribution in [2.24, 2.45) is 0 Å². The number of nitrogens with one attached hydrogen (secondary N) is 1. The van der Waals surface area contributed by atoms with Crippen molar-refractivity contribution in [1.29, 1.82) is 0 Å². The Kier molecular flexibility index (Phi) is 1.99. The number of hydrogen-bond acceptors (Lipinski definition) is 3. The summed E-state index contributed by atoms with van der Waals surface area (Å²) in [4.78, 5) is 23.4. The number of nitrogens with zero attached hydrogens (tertiary/aromatic N) is 2. The lowest BCUT2D eigenvalue weighted by molar-refractivity contribution is 0.0683. The molecule has 6 heteroatoms. The monoisotopic (exact) mass is 171 g/mol. The van der Waals surface area contributed by atoms with Crippen LogP contribution in [-0.2, 0) is 0 Å². The molecule has 1 rings (SSSR count). The molecule has 0 fully saturated rings. The van der Waals surface area contributed by atoms with E-state index in [0.717, 1.165) is 4.68 Å². The van der Waals surface area contributed by atoms with Gasteiger partial charge in [0.25, 0.3) is 0 Å². The Morgan fingerprint density at radius 3 is 2.50 bits per heavy atom. The second-order valence-corrected chi connectivity index (χ2v) is 2.62. The Bertz CT molecular complexity index is 349. The predicted octanol–water partition coefficient (Wildman–Crippen LogP) is -0.149. The van der Waals surface area contributed by atoms with Gasteiger partial charge in [0.05, 0.1) is 6.04 Å². The van der Waals surface area contributed by atoms with Crippen LogP contribution < -0.4 is 5.69 Å². The summed E-state index contributed by atoms with van der Waals surface area (Å²) in [5.41, 5.74) is -0.498. The van der Waals surface area contributed by atoms with E-state index in [1.54, 1.807) is 13.8 Å². The van der Waals surface area contributed by atoms with E-state index in [-0.39, 0.29) is 11.9 Å². The van der Waals surface area contributed by atoms with Crippen molar-refractivity contribution >= 4 is 5.97 Å². The van der Waals surface area contributed by atoms with E-state index in [9.17, 15) is 9.59 Å². The summed E-state index contributed by atoms with van der Waals surface area (Å²) in [5.74, 6) is -1.56. The number of hydrogen-bond donors (Lipinski definition) is 2. The Labute approximate surface area is 67.8 Å². The molecule has 2 N–H and O–H groups in total. The lowest BCUT2D eigenvalue weighted by Gasteiger charge is -1.99. The predicted molar refractivity (Wildman–Crippen MR) is 40.2 cm³/mol. The van der Waals surface area contributed by atoms with Crippen LogP contribution in [-0.4, -0.2) is 25.8 Å². The van der Waals surface area contributed by atoms with Crippen LogP contribution in [0.25, 0.3) is 0 Å². The van der Waals surface area contributed by atoms with Crippen molar-refractivity contribution in [1.82, 2.24) is 14.8 Å². The van der Waals surface area contributed by atoms with Gasteiger partial charge in [-0.15, -0.1) is 5.10 Å². The summed E-state index contributed by atoms with van der Waals surface area (Å²) in [6.45, 7) is 3.49. The minimum absolute atomic E-state index is 0.137. The Morgan fingerprint density at radius 1 is 1.67 bits per heavy atom. The fraction of sp³-hybridized carbons (Fsp3) is 0.500. The van der Waals surface area contributed by atoms with Gasteiger partial charge < -0.3 is 5.11 Å². The van der Waals surface area contributed by atoms with Crippen LogP contribution >= 0.6 is 0 Å². The minimum atomic E-state index is -1.23. The zero-order chi connectivity index (χ0) is 9.30. The van der Waals surface area contributed by atoms with Crippen molar-refractivity contribution in [2.45, 2.75) is 19.9 Å². The first-order valence-corrected chi connectivity index (χ1v) is 3.44. The molecule has 0 atom stereocenters. The highest BCUT2D eigenvalue weighted by Crippen LogP contribution is 1.96. The van der Waals surface area contributed by atoms with Gasteiger partial charge in [-0.1, -0.05) is 0 Å². The van der Waals surface area contributed by atoms with Crippen LogP contribution in [0, 0.1) is 0 Å². The quantitative estimate of drug-likeness (QED) is 0.647. The third-order valence-corrected chi connectivity index (χ3v) is 1.33. The summed E-state index contributed by atoms with van der Waals surface area (Å²) in [5, 5.41) is 12.0. The number of carbonyl (C=O) groups is 1. The fourth-order valence-electron chi connectivity index (χ4n) is 0.783. The Morgan fingerprint density at radius 2 is 2.25 bits per heavy atom. The molecular weight excluding hydrogens is 162 g/mol. The van der Waals surface area contributed by atoms with Crippen LogP contribution in [0.4, 0.5) is 0 Å². The summed E-state index contributed by atoms with van der Waals surface area (Å²) < 4.78 is 1.09. The number of aromatic amines is 1. The summed E-state index contributed by atoms with van der Waals surface area (Å²) >= 11 is 0. The Balaban J connectivity index is 3.18. The highest BCUT2D eigenvalue weighted by molar-refractivity contribution is 5.82. The van der Waals surface area contributed by atoms with Gasteiger partial charge in [-0.2, -0.15) is 0 Å². The molecule has 0 saturated carbocycles. The van der Waals surface area contributed by atoms with Crippen molar-refractivity contribution in [2.75, 3.05) is 0 Å². The molecule has 66 valence electrons. The molecule has 12 heavy (non-hydrogen) atoms. The number of aromatic nitrogens is 3. The molecule has 0 saturated heterocycles. The van der Waals surface area contributed by atoms with Gasteiger partial charge in [0.2, 0.25) is 5.82 Å². The van der Waals surface area contributed by atoms with E-state index in [0.29, 0.717) is 0 Å². The van der Waals surface area contributed by atoms with Gasteiger partial charge in [0.1, 0.15) is 0 Å². The van der Waals surface area contributed by atoms with Crippen LogP contribution in [0.15, 0.2) is 4.79 Å². The third-order valence-electron chi connectivity index (χ3n) is 1.33. The summed E-state index contributed by atoms with van der Waals surface area (Å²) in [6, 6.07) is -0.137. The molecule has 0 aromatic carbocycles. The maximum atomic E-state index is 11.0. The first kappa shape index (κ1) is 8.51. The molecule has 0 amide bonds. The molecule has 0 aliphatic rings. The van der Waals surface area contributed by atoms with E-state index in [4.69, 9.17) is 5.11 Å². The molecule has 1 heterocycles. The molecule has 0 unspecified atom stereocenters. The molecule has 0 radical (unpaired) electrons. The van der Waals surface area contributed by atoms with Crippen molar-refractivity contribution < 1.29 is 9.90 Å². The summed E-state index contributed by atoms with van der Waals surface area (Å²) in [7, 11) is 0. The van der Waals surface area contributed by atoms with E-state index in [1.807, 2.05) is 0 Å². The minimum Gasteiger partial charge on any atom is -0.475 e. The molecule has 6 nitrogen and oxygen atoms in total. The van der Waals surface area contributed by atoms with Crippen LogP contribution in [0.5, 0.6) is 0 Å². The number of H-pyrrole nitrogens is 1. The second kappa shape index (κ2) is 2.80. The third kappa shape index (κ3) is 1.36. The Hall–Kier alpha value is -1.59. The maximum absolute atomic E-state index is 11.0. The van der Waals surface area contributed by atoms with E-state index < -0.39 is 11.7 Å². The molecule has 0 aliphatic carbocycles. The molecule has 0 spiro atoms. The average molecular weight is 171 g/mol. The number of carboxylic acid groups (broad SMARTS) is 1. The van der Waals surface area contributed by atoms with Crippen LogP contribution in [0.1, 0.15) is 30.5 Å². The lowest BCUT2D eigenvalue weighted by atomic mass is 10.4. The number of aromatic carboxylic acids is 1. The zero-order valence-corrected chi connectivity index (χ0v) is 6.74. The number of carboxylic acids is 1. The van der Waals surface area contributed by atoms with E-state index >= 15 is 0 Å². The van der Waals surface area contributed by atoms with Gasteiger partial charge in [0, 0.05) is 0 Å². The fourth-order valence-corrected chi connectivity index (χ4v) is 0.783. The zero-order valence-electron chi connectivity index (χ0n) is 6.74. The molecule has 0 bridgehead atoms. The second-order valence-electron chi connectivity index (χ2n) is 2.62. The molecular formula is C6H9N3O3. The van der Waals surface area contributed by atoms with Crippen molar-refractivity contribution in [3.63, 3.8) is 0 Å². The van der Waals surface area contributed by atoms with Gasteiger partial charge >= 0.3 is 11.7 Å². The standard InChI is InChI=1S/C6H9N3O3/c1-3(2)9-6(12)7-4(8-9)5(10)11/h3H,1-2H3,(H,10,11)(H,7,8,12). The first-order valence-electron chi connectivity index (χ1n) is 3.44. The average Bonchev–Trinajstić information content (AvgIpc) is 2.30. The topological polar surface area (TPSA) is 88.0 Å². The smallest absolute Gasteiger partial charge is 0.373 e. The molecule has 1 aromatic heterocycles. The van der Waals surface area contributed by atoms with Gasteiger partial charge in [-0.3, -0.25) is 4.98 Å². The van der Waals surface area contributed by atoms with Gasteiger partial charge in [-0.05, 0) is 13.8 Å².